The average Bonchev–Trinajstić information content (AvgIpc) is 3.09. The lowest BCUT2D eigenvalue weighted by Gasteiger charge is -2.14. The number of methoxy groups -OCH3 is 1. The quantitative estimate of drug-likeness (QED) is 0.777. The molecule has 0 saturated heterocycles. The van der Waals surface area contributed by atoms with E-state index in [-0.39, 0.29) is 22.7 Å². The molecule has 0 aliphatic carbocycles. The summed E-state index contributed by atoms with van der Waals surface area (Å²) in [5, 5.41) is 10.1. The van der Waals surface area contributed by atoms with E-state index in [9.17, 15) is 13.2 Å². The monoisotopic (exact) mass is 331 g/mol. The lowest BCUT2D eigenvalue weighted by molar-refractivity contribution is -0.116. The molecule has 11 heteroatoms. The molecular weight excluding hydrogens is 318 g/mol. The molecule has 2 N–H and O–H groups in total. The number of H-pyrrole nitrogens is 1. The minimum atomic E-state index is -3.66. The van der Waals surface area contributed by atoms with Gasteiger partial charge in [-0.2, -0.15) is 9.29 Å². The zero-order valence-corrected chi connectivity index (χ0v) is 12.9. The highest BCUT2D eigenvalue weighted by Crippen LogP contribution is 2.19. The standard InChI is InChI=1S/C10H13N5O4S2/c1-15(21(17,18)8-4-3-5-20-8)6-7(16)11-9-12-10(19-2)14-13-9/h3-5H,6H2,1-2H3,(H2,11,12,13,14,16). The first-order chi connectivity index (χ1) is 9.93. The Bertz CT molecular complexity index is 710. The predicted octanol–water partition coefficient (Wildman–Crippen LogP) is 0.134. The Morgan fingerprint density at radius 2 is 2.33 bits per heavy atom. The van der Waals surface area contributed by atoms with Gasteiger partial charge >= 0.3 is 6.01 Å². The first-order valence-corrected chi connectivity index (χ1v) is 8.01. The Morgan fingerprint density at radius 3 is 2.90 bits per heavy atom. The van der Waals surface area contributed by atoms with Crippen molar-refractivity contribution in [2.45, 2.75) is 4.21 Å². The normalized spacial score (nSPS) is 11.6. The second kappa shape index (κ2) is 6.20. The maximum absolute atomic E-state index is 12.1. The van der Waals surface area contributed by atoms with Gasteiger partial charge in [0.15, 0.2) is 0 Å². The van der Waals surface area contributed by atoms with Crippen molar-refractivity contribution in [2.24, 2.45) is 0 Å². The second-order valence-corrected chi connectivity index (χ2v) is 7.13. The number of nitrogens with one attached hydrogen (secondary N) is 2. The van der Waals surface area contributed by atoms with Crippen molar-refractivity contribution in [1.29, 1.82) is 0 Å². The predicted molar refractivity (Wildman–Crippen MR) is 75.7 cm³/mol. The Balaban J connectivity index is 1.99. The highest BCUT2D eigenvalue weighted by Gasteiger charge is 2.24. The Morgan fingerprint density at radius 1 is 1.57 bits per heavy atom. The molecule has 0 fully saturated rings. The van der Waals surface area contributed by atoms with Crippen LogP contribution >= 0.6 is 11.3 Å². The topological polar surface area (TPSA) is 117 Å². The molecule has 114 valence electrons. The Hall–Kier alpha value is -1.98. The van der Waals surface area contributed by atoms with Crippen molar-refractivity contribution in [2.75, 3.05) is 26.0 Å². The summed E-state index contributed by atoms with van der Waals surface area (Å²) in [5.74, 6) is -0.463. The summed E-state index contributed by atoms with van der Waals surface area (Å²) in [6, 6.07) is 3.19. The second-order valence-electron chi connectivity index (χ2n) is 3.91. The minimum Gasteiger partial charge on any atom is -0.466 e. The average molecular weight is 331 g/mol. The van der Waals surface area contributed by atoms with Crippen LogP contribution in [0.25, 0.3) is 0 Å². The van der Waals surface area contributed by atoms with Gasteiger partial charge in [0.1, 0.15) is 4.21 Å². The van der Waals surface area contributed by atoms with Crippen LogP contribution in [-0.4, -0.2) is 54.5 Å². The van der Waals surface area contributed by atoms with E-state index in [4.69, 9.17) is 4.74 Å². The molecule has 0 saturated carbocycles. The molecule has 0 atom stereocenters. The molecule has 0 aliphatic heterocycles. The van der Waals surface area contributed by atoms with E-state index in [0.717, 1.165) is 15.6 Å². The lowest BCUT2D eigenvalue weighted by Crippen LogP contribution is -2.34. The lowest BCUT2D eigenvalue weighted by atomic mass is 10.6. The van der Waals surface area contributed by atoms with Crippen molar-refractivity contribution in [3.8, 4) is 6.01 Å². The summed E-state index contributed by atoms with van der Waals surface area (Å²) < 4.78 is 30.2. The number of hydrogen-bond donors (Lipinski definition) is 2. The van der Waals surface area contributed by atoms with Gasteiger partial charge in [-0.25, -0.2) is 13.5 Å². The van der Waals surface area contributed by atoms with Gasteiger partial charge in [-0.05, 0) is 11.4 Å². The van der Waals surface area contributed by atoms with Crippen molar-refractivity contribution < 1.29 is 17.9 Å². The molecule has 1 amide bonds. The summed E-state index contributed by atoms with van der Waals surface area (Å²) >= 11 is 1.09. The Labute approximate surface area is 125 Å². The number of aromatic amines is 1. The number of hydrogen-bond acceptors (Lipinski definition) is 7. The number of aromatic nitrogens is 3. The van der Waals surface area contributed by atoms with Gasteiger partial charge in [-0.15, -0.1) is 16.4 Å². The van der Waals surface area contributed by atoms with Crippen molar-refractivity contribution in [3.63, 3.8) is 0 Å². The van der Waals surface area contributed by atoms with Gasteiger partial charge in [0, 0.05) is 7.05 Å². The fourth-order valence-corrected chi connectivity index (χ4v) is 3.74. The molecule has 0 spiro atoms. The van der Waals surface area contributed by atoms with Crippen LogP contribution in [0.15, 0.2) is 21.7 Å². The zero-order valence-electron chi connectivity index (χ0n) is 11.2. The molecule has 21 heavy (non-hydrogen) atoms. The molecule has 0 aromatic carbocycles. The minimum absolute atomic E-state index is 0.0739. The van der Waals surface area contributed by atoms with Gasteiger partial charge in [0.2, 0.25) is 11.9 Å². The zero-order chi connectivity index (χ0) is 15.5. The van der Waals surface area contributed by atoms with Crippen molar-refractivity contribution in [3.05, 3.63) is 17.5 Å². The molecule has 2 rings (SSSR count). The van der Waals surface area contributed by atoms with Crippen LogP contribution in [0.1, 0.15) is 0 Å². The summed E-state index contributed by atoms with van der Waals surface area (Å²) in [7, 11) is -0.948. The third kappa shape index (κ3) is 3.56. The van der Waals surface area contributed by atoms with E-state index < -0.39 is 15.9 Å². The Kier molecular flexibility index (Phi) is 4.55. The largest absolute Gasteiger partial charge is 0.466 e. The van der Waals surface area contributed by atoms with Crippen molar-refractivity contribution in [1.82, 2.24) is 19.5 Å². The van der Waals surface area contributed by atoms with E-state index in [1.54, 1.807) is 11.4 Å². The van der Waals surface area contributed by atoms with Crippen LogP contribution < -0.4 is 10.1 Å². The molecule has 9 nitrogen and oxygen atoms in total. The van der Waals surface area contributed by atoms with Crippen LogP contribution in [0.2, 0.25) is 0 Å². The van der Waals surface area contributed by atoms with Gasteiger partial charge in [-0.1, -0.05) is 6.07 Å². The van der Waals surface area contributed by atoms with Gasteiger partial charge in [-0.3, -0.25) is 10.1 Å². The summed E-state index contributed by atoms with van der Waals surface area (Å²) in [6.45, 7) is -0.344. The van der Waals surface area contributed by atoms with Crippen molar-refractivity contribution >= 4 is 33.2 Å². The van der Waals surface area contributed by atoms with Gasteiger partial charge in [0.25, 0.3) is 10.0 Å². The maximum atomic E-state index is 12.1. The number of ether oxygens (including phenoxy) is 1. The van der Waals surface area contributed by atoms with Crippen LogP contribution in [0.5, 0.6) is 6.01 Å². The number of anilines is 1. The van der Waals surface area contributed by atoms with E-state index in [2.05, 4.69) is 20.5 Å². The number of thiophene rings is 1. The highest BCUT2D eigenvalue weighted by molar-refractivity contribution is 7.91. The number of rotatable bonds is 6. The van der Waals surface area contributed by atoms with E-state index in [1.807, 2.05) is 0 Å². The fraction of sp³-hybridized carbons (Fsp3) is 0.300. The maximum Gasteiger partial charge on any atom is 0.336 e. The van der Waals surface area contributed by atoms with E-state index in [0.29, 0.717) is 0 Å². The van der Waals surface area contributed by atoms with E-state index in [1.165, 1.54) is 20.2 Å². The number of amides is 1. The number of sulfonamides is 1. The van der Waals surface area contributed by atoms with Gasteiger partial charge in [0.05, 0.1) is 13.7 Å². The van der Waals surface area contributed by atoms with Crippen LogP contribution in [0.3, 0.4) is 0 Å². The summed E-state index contributed by atoms with van der Waals surface area (Å²) in [4.78, 5) is 15.6. The SMILES string of the molecule is COc1n[nH]c(NC(=O)CN(C)S(=O)(=O)c2cccs2)n1. The summed E-state index contributed by atoms with van der Waals surface area (Å²) in [6.07, 6.45) is 0. The molecule has 2 aromatic heterocycles. The molecule has 2 aromatic rings. The molecule has 2 heterocycles. The number of carbonyl (C=O) groups is 1. The van der Waals surface area contributed by atoms with E-state index >= 15 is 0 Å². The van der Waals surface area contributed by atoms with Gasteiger partial charge < -0.3 is 4.74 Å². The number of carbonyl (C=O) groups excluding carboxylic acids is 1. The number of likely N-dealkylation sites (N-methyl/N-ethyl adjacent to an activating group) is 1. The third-order valence-electron chi connectivity index (χ3n) is 2.43. The first-order valence-electron chi connectivity index (χ1n) is 5.69. The van der Waals surface area contributed by atoms with Crippen LogP contribution in [0, 0.1) is 0 Å². The highest BCUT2D eigenvalue weighted by atomic mass is 32.2. The molecule has 0 bridgehead atoms. The van der Waals surface area contributed by atoms with Crippen LogP contribution in [0.4, 0.5) is 5.95 Å². The first kappa shape index (κ1) is 15.4. The molecular formula is C10H13N5O4S2. The molecule has 0 unspecified atom stereocenters. The molecule has 0 aliphatic rings. The molecule has 0 radical (unpaired) electrons. The fourth-order valence-electron chi connectivity index (χ4n) is 1.42. The number of nitrogens with zero attached hydrogens (tertiary/aromatic N) is 3. The third-order valence-corrected chi connectivity index (χ3v) is 5.61. The summed E-state index contributed by atoms with van der Waals surface area (Å²) in [5.41, 5.74) is 0. The smallest absolute Gasteiger partial charge is 0.336 e. The van der Waals surface area contributed by atoms with Crippen LogP contribution in [-0.2, 0) is 14.8 Å².